The van der Waals surface area contributed by atoms with Crippen molar-refractivity contribution in [2.75, 3.05) is 32.2 Å². The van der Waals surface area contributed by atoms with Gasteiger partial charge in [0, 0.05) is 18.7 Å². The van der Waals surface area contributed by atoms with Crippen molar-refractivity contribution in [2.24, 2.45) is 0 Å². The average molecular weight is 467 g/mol. The lowest BCUT2D eigenvalue weighted by Gasteiger charge is -2.14. The number of alkyl halides is 3. The van der Waals surface area contributed by atoms with Crippen LogP contribution in [0.4, 0.5) is 18.9 Å². The van der Waals surface area contributed by atoms with Crippen LogP contribution in [-0.2, 0) is 25.7 Å². The Hall–Kier alpha value is -2.34. The number of anilines is 1. The summed E-state index contributed by atoms with van der Waals surface area (Å²) in [6.45, 7) is -0.279. The number of sulfonamides is 1. The lowest BCUT2D eigenvalue weighted by atomic mass is 10.1. The number of hydrogen-bond acceptors (Lipinski definition) is 5. The monoisotopic (exact) mass is 466 g/mol. The molecule has 2 N–H and O–H groups in total. The molecular formula is C18H18ClF3N2O5S. The number of hydrogen-bond donors (Lipinski definition) is 2. The van der Waals surface area contributed by atoms with Gasteiger partial charge in [-0.15, -0.1) is 0 Å². The first kappa shape index (κ1) is 23.9. The molecule has 0 unspecified atom stereocenters. The minimum Gasteiger partial charge on any atom is -0.484 e. The van der Waals surface area contributed by atoms with E-state index in [0.717, 1.165) is 6.07 Å². The van der Waals surface area contributed by atoms with Gasteiger partial charge in [0.2, 0.25) is 10.0 Å². The molecule has 0 bridgehead atoms. The molecule has 0 aromatic heterocycles. The highest BCUT2D eigenvalue weighted by Gasteiger charge is 2.34. The fourth-order valence-electron chi connectivity index (χ4n) is 2.27. The van der Waals surface area contributed by atoms with Gasteiger partial charge in [-0.3, -0.25) is 4.79 Å². The summed E-state index contributed by atoms with van der Waals surface area (Å²) in [6, 6.07) is 8.14. The lowest BCUT2D eigenvalue weighted by molar-refractivity contribution is -0.137. The van der Waals surface area contributed by atoms with Crippen LogP contribution in [-0.4, -0.2) is 41.2 Å². The Morgan fingerprint density at radius 2 is 1.80 bits per heavy atom. The van der Waals surface area contributed by atoms with E-state index in [9.17, 15) is 26.4 Å². The van der Waals surface area contributed by atoms with Crippen molar-refractivity contribution in [3.63, 3.8) is 0 Å². The zero-order chi connectivity index (χ0) is 22.4. The normalized spacial score (nSPS) is 11.9. The molecule has 0 aliphatic carbocycles. The van der Waals surface area contributed by atoms with E-state index in [-0.39, 0.29) is 28.8 Å². The van der Waals surface area contributed by atoms with Crippen LogP contribution in [0, 0.1) is 0 Å². The molecule has 7 nitrogen and oxygen atoms in total. The van der Waals surface area contributed by atoms with Crippen molar-refractivity contribution in [3.05, 3.63) is 53.1 Å². The van der Waals surface area contributed by atoms with Gasteiger partial charge in [-0.25, -0.2) is 13.1 Å². The number of carbonyl (C=O) groups is 1. The minimum atomic E-state index is -4.70. The number of methoxy groups -OCH3 is 1. The highest BCUT2D eigenvalue weighted by molar-refractivity contribution is 7.89. The number of ether oxygens (including phenoxy) is 2. The van der Waals surface area contributed by atoms with Gasteiger partial charge in [-0.05, 0) is 42.5 Å². The number of amides is 1. The topological polar surface area (TPSA) is 93.7 Å². The summed E-state index contributed by atoms with van der Waals surface area (Å²) in [7, 11) is -2.29. The molecule has 2 rings (SSSR count). The maximum atomic E-state index is 13.1. The molecule has 2 aromatic carbocycles. The zero-order valence-corrected chi connectivity index (χ0v) is 17.2. The lowest BCUT2D eigenvalue weighted by Crippen LogP contribution is -2.27. The number of benzene rings is 2. The molecule has 2 aromatic rings. The molecule has 0 spiro atoms. The van der Waals surface area contributed by atoms with E-state index in [0.29, 0.717) is 6.07 Å². The van der Waals surface area contributed by atoms with E-state index < -0.39 is 40.0 Å². The van der Waals surface area contributed by atoms with E-state index in [4.69, 9.17) is 21.1 Å². The van der Waals surface area contributed by atoms with Crippen LogP contribution >= 0.6 is 11.6 Å². The molecule has 0 fully saturated rings. The number of nitrogens with one attached hydrogen (secondary N) is 2. The van der Waals surface area contributed by atoms with Crippen LogP contribution in [0.1, 0.15) is 5.56 Å². The van der Waals surface area contributed by atoms with Gasteiger partial charge in [0.1, 0.15) is 5.75 Å². The van der Waals surface area contributed by atoms with E-state index in [2.05, 4.69) is 10.0 Å². The first-order valence-corrected chi connectivity index (χ1v) is 10.3. The highest BCUT2D eigenvalue weighted by atomic mass is 35.5. The van der Waals surface area contributed by atoms with E-state index in [1.54, 1.807) is 0 Å². The summed E-state index contributed by atoms with van der Waals surface area (Å²) >= 11 is 5.59. The van der Waals surface area contributed by atoms with E-state index in [1.165, 1.54) is 37.4 Å². The summed E-state index contributed by atoms with van der Waals surface area (Å²) in [5.41, 5.74) is -1.54. The molecule has 0 saturated carbocycles. The predicted molar refractivity (Wildman–Crippen MR) is 104 cm³/mol. The SMILES string of the molecule is COCCNS(=O)(=O)c1ccc(OCC(=O)Nc2ccc(Cl)cc2C(F)(F)F)cc1. The Kier molecular flexibility index (Phi) is 8.07. The van der Waals surface area contributed by atoms with Crippen molar-refractivity contribution in [3.8, 4) is 5.75 Å². The van der Waals surface area contributed by atoms with Crippen LogP contribution in [0.3, 0.4) is 0 Å². The quantitative estimate of drug-likeness (QED) is 0.553. The fraction of sp³-hybridized carbons (Fsp3) is 0.278. The summed E-state index contributed by atoms with van der Waals surface area (Å²) < 4.78 is 75.6. The second kappa shape index (κ2) is 10.1. The third-order valence-corrected chi connectivity index (χ3v) is 5.38. The Morgan fingerprint density at radius 1 is 1.13 bits per heavy atom. The largest absolute Gasteiger partial charge is 0.484 e. The molecule has 0 aliphatic heterocycles. The van der Waals surface area contributed by atoms with Crippen molar-refractivity contribution >= 4 is 33.2 Å². The maximum Gasteiger partial charge on any atom is 0.418 e. The molecule has 1 amide bonds. The Balaban J connectivity index is 1.98. The number of carbonyl (C=O) groups excluding carboxylic acids is 1. The van der Waals surface area contributed by atoms with Crippen molar-refractivity contribution in [1.29, 1.82) is 0 Å². The van der Waals surface area contributed by atoms with Gasteiger partial charge in [0.05, 0.1) is 22.8 Å². The Morgan fingerprint density at radius 3 is 2.40 bits per heavy atom. The molecule has 0 aliphatic rings. The first-order valence-electron chi connectivity index (χ1n) is 8.41. The van der Waals surface area contributed by atoms with Gasteiger partial charge in [0.25, 0.3) is 5.91 Å². The van der Waals surface area contributed by atoms with Crippen LogP contribution in [0.15, 0.2) is 47.4 Å². The summed E-state index contributed by atoms with van der Waals surface area (Å²) in [4.78, 5) is 11.9. The summed E-state index contributed by atoms with van der Waals surface area (Å²) in [6.07, 6.45) is -4.70. The Bertz CT molecular complexity index is 982. The molecule has 30 heavy (non-hydrogen) atoms. The van der Waals surface area contributed by atoms with E-state index in [1.807, 2.05) is 0 Å². The van der Waals surface area contributed by atoms with Gasteiger partial charge >= 0.3 is 6.18 Å². The van der Waals surface area contributed by atoms with Gasteiger partial charge < -0.3 is 14.8 Å². The summed E-state index contributed by atoms with van der Waals surface area (Å²) in [5, 5.41) is 2.00. The van der Waals surface area contributed by atoms with Crippen LogP contribution in [0.2, 0.25) is 5.02 Å². The fourth-order valence-corrected chi connectivity index (χ4v) is 3.46. The smallest absolute Gasteiger partial charge is 0.418 e. The minimum absolute atomic E-state index is 0.0219. The first-order chi connectivity index (χ1) is 14.0. The van der Waals surface area contributed by atoms with Gasteiger partial charge in [0.15, 0.2) is 6.61 Å². The maximum absolute atomic E-state index is 13.1. The van der Waals surface area contributed by atoms with Crippen molar-refractivity contribution in [1.82, 2.24) is 4.72 Å². The standard InChI is InChI=1S/C18H18ClF3N2O5S/c1-28-9-8-23-30(26,27)14-5-3-13(4-6-14)29-11-17(25)24-16-7-2-12(19)10-15(16)18(20,21)22/h2-7,10,23H,8-9,11H2,1H3,(H,24,25). The zero-order valence-electron chi connectivity index (χ0n) is 15.6. The predicted octanol–water partition coefficient (Wildman–Crippen LogP) is 3.30. The second-order valence-corrected chi connectivity index (χ2v) is 8.09. The van der Waals surface area contributed by atoms with Crippen LogP contribution in [0.25, 0.3) is 0 Å². The van der Waals surface area contributed by atoms with Gasteiger partial charge in [-0.2, -0.15) is 13.2 Å². The molecule has 0 radical (unpaired) electrons. The van der Waals surface area contributed by atoms with Gasteiger partial charge in [-0.1, -0.05) is 11.6 Å². The van der Waals surface area contributed by atoms with E-state index >= 15 is 0 Å². The second-order valence-electron chi connectivity index (χ2n) is 5.89. The molecule has 164 valence electrons. The molecular weight excluding hydrogens is 449 g/mol. The summed E-state index contributed by atoms with van der Waals surface area (Å²) in [5.74, 6) is -0.672. The molecule has 0 atom stereocenters. The molecule has 0 saturated heterocycles. The number of halogens is 4. The highest BCUT2D eigenvalue weighted by Crippen LogP contribution is 2.36. The number of rotatable bonds is 9. The Labute approximate surface area is 176 Å². The molecule has 0 heterocycles. The van der Waals surface area contributed by atoms with Crippen LogP contribution in [0.5, 0.6) is 5.75 Å². The average Bonchev–Trinajstić information content (AvgIpc) is 2.67. The van der Waals surface area contributed by atoms with Crippen molar-refractivity contribution in [2.45, 2.75) is 11.1 Å². The third kappa shape index (κ3) is 6.87. The van der Waals surface area contributed by atoms with Crippen LogP contribution < -0.4 is 14.8 Å². The molecule has 12 heteroatoms. The van der Waals surface area contributed by atoms with Crippen molar-refractivity contribution < 1.29 is 35.9 Å². The third-order valence-electron chi connectivity index (χ3n) is 3.66.